The molecule has 10 heteroatoms. The molecule has 0 bridgehead atoms. The Morgan fingerprint density at radius 2 is 1.79 bits per heavy atom. The number of phenolic OH excluding ortho intramolecular Hbond substituents is 1. The number of carbonyl (C=O) groups is 3. The molecule has 0 saturated carbocycles. The number of primary amides is 1. The van der Waals surface area contributed by atoms with Gasteiger partial charge in [-0.15, -0.1) is 0 Å². The number of hydrogen-bond acceptors (Lipinski definition) is 9. The molecule has 3 atom stereocenters. The molecule has 5 rings (SSSR count). The number of Topliss-reactive ketones (excluding diaryl/α,β-unsaturated/α-hetero) is 2. The number of benzene rings is 1. The number of carbonyl (C=O) groups excluding carboxylic acids is 3. The first-order valence-electron chi connectivity index (χ1n) is 10.5. The molecule has 0 fully saturated rings. The topological polar surface area (TPSA) is 191 Å². The molecule has 1 amide bonds. The van der Waals surface area contributed by atoms with Crippen molar-refractivity contribution < 1.29 is 39.9 Å². The summed E-state index contributed by atoms with van der Waals surface area (Å²) in [5, 5.41) is 52.5. The van der Waals surface area contributed by atoms with Gasteiger partial charge in [-0.25, -0.2) is 4.98 Å². The summed E-state index contributed by atoms with van der Waals surface area (Å²) in [5.41, 5.74) is 3.15. The summed E-state index contributed by atoms with van der Waals surface area (Å²) in [5.74, 6) is -6.88. The molecule has 1 heterocycles. The number of hydrogen-bond donors (Lipinski definition) is 6. The Balaban J connectivity index is 1.68. The highest BCUT2D eigenvalue weighted by Gasteiger charge is 2.59. The number of aliphatic hydroxyl groups excluding tert-OH is 2. The quantitative estimate of drug-likeness (QED) is 0.356. The fourth-order valence-corrected chi connectivity index (χ4v) is 5.44. The van der Waals surface area contributed by atoms with Crippen molar-refractivity contribution in [2.75, 3.05) is 0 Å². The summed E-state index contributed by atoms with van der Waals surface area (Å²) in [6, 6.07) is 5.92. The first-order chi connectivity index (χ1) is 16.1. The molecule has 174 valence electrons. The SMILES string of the molecule is NC(=O)C1=C(O)C[C@@H]2C[C@@H]3Cc4c(-c5ccc(O)nc5)ccc(O)c4C(=O)C3=C(O)[C@]2(O)C1=O. The van der Waals surface area contributed by atoms with E-state index in [0.717, 1.165) is 0 Å². The zero-order chi connectivity index (χ0) is 24.5. The van der Waals surface area contributed by atoms with Gasteiger partial charge in [-0.3, -0.25) is 14.4 Å². The number of pyridine rings is 1. The molecule has 3 aliphatic rings. The van der Waals surface area contributed by atoms with Gasteiger partial charge in [0.05, 0.1) is 5.56 Å². The molecule has 1 aromatic carbocycles. The summed E-state index contributed by atoms with van der Waals surface area (Å²) >= 11 is 0. The Morgan fingerprint density at radius 3 is 2.44 bits per heavy atom. The standard InChI is InChI=1S/C24H20N2O8/c25-23(33)19-15(28)7-11-5-10-6-13-12(9-1-4-16(29)26-8-9)2-3-14(27)18(13)20(30)17(10)21(31)24(11,34)22(19)32/h1-4,8,10-11,27-28,31,34H,5-7H2,(H2,25,33)(H,26,29)/t10-,11+,24+/m1/s1. The van der Waals surface area contributed by atoms with Gasteiger partial charge in [0.25, 0.3) is 5.91 Å². The lowest BCUT2D eigenvalue weighted by Crippen LogP contribution is -2.57. The minimum absolute atomic E-state index is 0.0475. The van der Waals surface area contributed by atoms with Crippen LogP contribution < -0.4 is 5.73 Å². The van der Waals surface area contributed by atoms with Crippen LogP contribution in [0.5, 0.6) is 11.6 Å². The fraction of sp³-hybridized carbons (Fsp3) is 0.250. The number of allylic oxidation sites excluding steroid dienone is 2. The van der Waals surface area contributed by atoms with Gasteiger partial charge >= 0.3 is 0 Å². The normalized spacial score (nSPS) is 26.1. The van der Waals surface area contributed by atoms with Crippen molar-refractivity contribution in [3.63, 3.8) is 0 Å². The summed E-state index contributed by atoms with van der Waals surface area (Å²) in [7, 11) is 0. The maximum absolute atomic E-state index is 13.5. The van der Waals surface area contributed by atoms with Crippen molar-refractivity contribution in [2.24, 2.45) is 17.6 Å². The first-order valence-corrected chi connectivity index (χ1v) is 10.5. The van der Waals surface area contributed by atoms with Gasteiger partial charge < -0.3 is 31.3 Å². The monoisotopic (exact) mass is 464 g/mol. The van der Waals surface area contributed by atoms with Crippen molar-refractivity contribution in [3.8, 4) is 22.8 Å². The van der Waals surface area contributed by atoms with Gasteiger partial charge in [0.15, 0.2) is 11.4 Å². The molecule has 0 spiro atoms. The minimum atomic E-state index is -2.59. The summed E-state index contributed by atoms with van der Waals surface area (Å²) in [4.78, 5) is 42.0. The van der Waals surface area contributed by atoms with Crippen LogP contribution in [-0.2, 0) is 16.0 Å². The number of fused-ring (bicyclic) bond motifs is 3. The molecular weight excluding hydrogens is 444 g/mol. The van der Waals surface area contributed by atoms with E-state index in [2.05, 4.69) is 4.98 Å². The second kappa shape index (κ2) is 7.16. The van der Waals surface area contributed by atoms with Gasteiger partial charge in [-0.05, 0) is 42.0 Å². The third-order valence-corrected chi connectivity index (χ3v) is 7.00. The smallest absolute Gasteiger partial charge is 0.255 e. The van der Waals surface area contributed by atoms with E-state index in [4.69, 9.17) is 5.73 Å². The highest BCUT2D eigenvalue weighted by atomic mass is 16.3. The third-order valence-electron chi connectivity index (χ3n) is 7.00. The Kier molecular flexibility index (Phi) is 4.56. The number of nitrogens with zero attached hydrogens (tertiary/aromatic N) is 1. The van der Waals surface area contributed by atoms with Crippen LogP contribution in [0.4, 0.5) is 0 Å². The molecule has 0 unspecified atom stereocenters. The molecule has 10 nitrogen and oxygen atoms in total. The molecular formula is C24H20N2O8. The maximum atomic E-state index is 13.5. The van der Waals surface area contributed by atoms with Gasteiger partial charge in [-0.2, -0.15) is 0 Å². The first kappa shape index (κ1) is 21.7. The highest BCUT2D eigenvalue weighted by Crippen LogP contribution is 2.52. The average molecular weight is 464 g/mol. The van der Waals surface area contributed by atoms with Crippen LogP contribution in [0.3, 0.4) is 0 Å². The van der Waals surface area contributed by atoms with Gasteiger partial charge in [-0.1, -0.05) is 6.07 Å². The number of aliphatic hydroxyl groups is 3. The second-order valence-electron chi connectivity index (χ2n) is 8.80. The Morgan fingerprint density at radius 1 is 1.06 bits per heavy atom. The van der Waals surface area contributed by atoms with Crippen LogP contribution in [-0.4, -0.2) is 53.6 Å². The maximum Gasteiger partial charge on any atom is 0.255 e. The van der Waals surface area contributed by atoms with Crippen LogP contribution in [0.1, 0.15) is 28.8 Å². The third kappa shape index (κ3) is 2.78. The zero-order valence-electron chi connectivity index (χ0n) is 17.6. The number of rotatable bonds is 2. The Bertz CT molecular complexity index is 1360. The van der Waals surface area contributed by atoms with Crippen molar-refractivity contribution in [3.05, 3.63) is 64.3 Å². The average Bonchev–Trinajstić information content (AvgIpc) is 2.77. The molecule has 34 heavy (non-hydrogen) atoms. The van der Waals surface area contributed by atoms with E-state index in [-0.39, 0.29) is 42.0 Å². The molecule has 7 N–H and O–H groups in total. The molecule has 2 aromatic rings. The van der Waals surface area contributed by atoms with E-state index in [9.17, 15) is 39.9 Å². The van der Waals surface area contributed by atoms with Gasteiger partial charge in [0.2, 0.25) is 11.7 Å². The molecule has 0 saturated heterocycles. The zero-order valence-corrected chi connectivity index (χ0v) is 17.6. The number of aromatic hydroxyl groups is 2. The van der Waals surface area contributed by atoms with E-state index < -0.39 is 52.0 Å². The van der Waals surface area contributed by atoms with Crippen LogP contribution in [0.25, 0.3) is 11.1 Å². The lowest BCUT2D eigenvalue weighted by Gasteiger charge is -2.45. The fourth-order valence-electron chi connectivity index (χ4n) is 5.44. The van der Waals surface area contributed by atoms with Crippen molar-refractivity contribution in [1.82, 2.24) is 4.98 Å². The van der Waals surface area contributed by atoms with E-state index in [1.807, 2.05) is 0 Å². The van der Waals surface area contributed by atoms with E-state index in [0.29, 0.717) is 16.7 Å². The molecule has 0 aliphatic heterocycles. The molecule has 0 radical (unpaired) electrons. The predicted octanol–water partition coefficient (Wildman–Crippen LogP) is 1.35. The van der Waals surface area contributed by atoms with E-state index >= 15 is 0 Å². The second-order valence-corrected chi connectivity index (χ2v) is 8.80. The van der Waals surface area contributed by atoms with Crippen molar-refractivity contribution in [1.29, 1.82) is 0 Å². The largest absolute Gasteiger partial charge is 0.511 e. The van der Waals surface area contributed by atoms with Crippen molar-refractivity contribution in [2.45, 2.75) is 24.9 Å². The predicted molar refractivity (Wildman–Crippen MR) is 116 cm³/mol. The van der Waals surface area contributed by atoms with E-state index in [1.54, 1.807) is 12.1 Å². The number of amides is 1. The molecule has 1 aromatic heterocycles. The summed E-state index contributed by atoms with van der Waals surface area (Å²) in [6.45, 7) is 0. The lowest BCUT2D eigenvalue weighted by atomic mass is 9.60. The Labute approximate surface area is 192 Å². The van der Waals surface area contributed by atoms with Crippen LogP contribution in [0.2, 0.25) is 0 Å². The van der Waals surface area contributed by atoms with E-state index in [1.165, 1.54) is 18.3 Å². The lowest BCUT2D eigenvalue weighted by molar-refractivity contribution is -0.144. The number of ketones is 2. The highest BCUT2D eigenvalue weighted by molar-refractivity contribution is 6.24. The van der Waals surface area contributed by atoms with Crippen LogP contribution >= 0.6 is 0 Å². The van der Waals surface area contributed by atoms with Gasteiger partial charge in [0, 0.05) is 35.7 Å². The van der Waals surface area contributed by atoms with Crippen molar-refractivity contribution >= 4 is 17.5 Å². The summed E-state index contributed by atoms with van der Waals surface area (Å²) < 4.78 is 0. The Hall–Kier alpha value is -4.18. The van der Waals surface area contributed by atoms with Gasteiger partial charge in [0.1, 0.15) is 22.8 Å². The number of aromatic nitrogens is 1. The van der Waals surface area contributed by atoms with Crippen LogP contribution in [0.15, 0.2) is 53.1 Å². The number of phenols is 1. The molecule has 3 aliphatic carbocycles. The van der Waals surface area contributed by atoms with Crippen LogP contribution in [0, 0.1) is 11.8 Å². The minimum Gasteiger partial charge on any atom is -0.511 e. The number of nitrogens with two attached hydrogens (primary N) is 1. The summed E-state index contributed by atoms with van der Waals surface area (Å²) in [6.07, 6.45) is 1.36.